The van der Waals surface area contributed by atoms with Crippen molar-refractivity contribution in [3.8, 4) is 0 Å². The van der Waals surface area contributed by atoms with Gasteiger partial charge < -0.3 is 9.13 Å². The molecule has 1 heterocycles. The van der Waals surface area contributed by atoms with Gasteiger partial charge in [0.15, 0.2) is 0 Å². The summed E-state index contributed by atoms with van der Waals surface area (Å²) in [5, 5.41) is 0. The van der Waals surface area contributed by atoms with E-state index >= 15 is 0 Å². The smallest absolute Gasteiger partial charge is 0.310 e. The Morgan fingerprint density at radius 3 is 2.07 bits per heavy atom. The van der Waals surface area contributed by atoms with Crippen LogP contribution in [-0.4, -0.2) is 15.3 Å². The molecule has 0 spiro atoms. The van der Waals surface area contributed by atoms with Gasteiger partial charge in [0.2, 0.25) is 0 Å². The molecule has 0 aromatic carbocycles. The van der Waals surface area contributed by atoms with Gasteiger partial charge in [-0.1, -0.05) is 0 Å². The highest BCUT2D eigenvalue weighted by Crippen LogP contribution is 2.15. The Bertz CT molecular complexity index is 458. The molecular formula is C8H9F3N2O2. The fraction of sp³-hybridized carbons (Fsp3) is 0.500. The molecule has 15 heavy (non-hydrogen) atoms. The number of nitrogens with zero attached hydrogens (tertiary/aromatic N) is 2. The molecule has 7 heteroatoms. The summed E-state index contributed by atoms with van der Waals surface area (Å²) in [6.45, 7) is 0.432. The third kappa shape index (κ3) is 2.71. The second-order valence-electron chi connectivity index (χ2n) is 2.94. The van der Waals surface area contributed by atoms with Crippen molar-refractivity contribution < 1.29 is 13.2 Å². The lowest BCUT2D eigenvalue weighted by molar-refractivity contribution is -0.141. The molecule has 0 amide bonds. The van der Waals surface area contributed by atoms with Gasteiger partial charge in [-0.15, -0.1) is 0 Å². The number of rotatable bonds is 2. The molecule has 0 bridgehead atoms. The first-order chi connectivity index (χ1) is 6.85. The van der Waals surface area contributed by atoms with Gasteiger partial charge in [0.25, 0.3) is 0 Å². The zero-order valence-electron chi connectivity index (χ0n) is 7.91. The molecule has 0 N–H and O–H groups in total. The first-order valence-electron chi connectivity index (χ1n) is 4.22. The molecule has 0 atom stereocenters. The number of alkyl halides is 3. The van der Waals surface area contributed by atoms with Crippen molar-refractivity contribution in [3.63, 3.8) is 0 Å². The molecule has 0 fully saturated rings. The van der Waals surface area contributed by atoms with Crippen LogP contribution in [0.2, 0.25) is 0 Å². The van der Waals surface area contributed by atoms with E-state index in [2.05, 4.69) is 0 Å². The molecule has 0 aliphatic carbocycles. The molecule has 0 radical (unpaired) electrons. The van der Waals surface area contributed by atoms with Crippen molar-refractivity contribution >= 4 is 0 Å². The van der Waals surface area contributed by atoms with Crippen LogP contribution in [0.3, 0.4) is 0 Å². The lowest BCUT2D eigenvalue weighted by Gasteiger charge is -2.09. The van der Waals surface area contributed by atoms with Crippen LogP contribution in [-0.2, 0) is 13.1 Å². The fourth-order valence-electron chi connectivity index (χ4n) is 1.11. The molecule has 0 unspecified atom stereocenters. The van der Waals surface area contributed by atoms with Gasteiger partial charge in [-0.2, -0.15) is 13.2 Å². The number of aromatic nitrogens is 2. The highest BCUT2D eigenvalue weighted by molar-refractivity contribution is 4.86. The standard InChI is InChI=1S/C8H9F3N2O2/c1-2-12-3-4-13(5-8(9,10)11)7(15)6(12)14/h3-4H,2,5H2,1H3. The van der Waals surface area contributed by atoms with E-state index in [1.807, 2.05) is 0 Å². The third-order valence-electron chi connectivity index (χ3n) is 1.82. The molecule has 0 aliphatic heterocycles. The fourth-order valence-corrected chi connectivity index (χ4v) is 1.11. The van der Waals surface area contributed by atoms with Gasteiger partial charge >= 0.3 is 17.3 Å². The number of hydrogen-bond acceptors (Lipinski definition) is 2. The molecule has 1 aromatic rings. The Morgan fingerprint density at radius 1 is 1.13 bits per heavy atom. The van der Waals surface area contributed by atoms with Crippen LogP contribution in [0.4, 0.5) is 13.2 Å². The largest absolute Gasteiger partial charge is 0.406 e. The van der Waals surface area contributed by atoms with Gasteiger partial charge in [0.1, 0.15) is 6.54 Å². The van der Waals surface area contributed by atoms with Crippen LogP contribution in [0, 0.1) is 0 Å². The maximum atomic E-state index is 12.0. The monoisotopic (exact) mass is 222 g/mol. The summed E-state index contributed by atoms with van der Waals surface area (Å²) >= 11 is 0. The van der Waals surface area contributed by atoms with Crippen LogP contribution < -0.4 is 11.1 Å². The Kier molecular flexibility index (Phi) is 3.01. The minimum absolute atomic E-state index is 0.251. The highest BCUT2D eigenvalue weighted by Gasteiger charge is 2.28. The van der Waals surface area contributed by atoms with Crippen LogP contribution in [0.5, 0.6) is 0 Å². The SMILES string of the molecule is CCn1ccn(CC(F)(F)F)c(=O)c1=O. The van der Waals surface area contributed by atoms with E-state index < -0.39 is 23.8 Å². The topological polar surface area (TPSA) is 44.0 Å². The van der Waals surface area contributed by atoms with E-state index in [9.17, 15) is 22.8 Å². The van der Waals surface area contributed by atoms with Crippen molar-refractivity contribution in [2.75, 3.05) is 0 Å². The Hall–Kier alpha value is -1.53. The van der Waals surface area contributed by atoms with Gasteiger partial charge in [-0.25, -0.2) is 0 Å². The maximum Gasteiger partial charge on any atom is 0.406 e. The molecule has 1 rings (SSSR count). The lowest BCUT2D eigenvalue weighted by Crippen LogP contribution is -2.42. The van der Waals surface area contributed by atoms with Crippen LogP contribution >= 0.6 is 0 Å². The quantitative estimate of drug-likeness (QED) is 0.687. The van der Waals surface area contributed by atoms with Gasteiger partial charge in [-0.05, 0) is 6.92 Å². The minimum atomic E-state index is -4.51. The number of hydrogen-bond donors (Lipinski definition) is 0. The maximum absolute atomic E-state index is 12.0. The zero-order chi connectivity index (χ0) is 11.6. The van der Waals surface area contributed by atoms with Crippen molar-refractivity contribution in [1.82, 2.24) is 9.13 Å². The molecule has 0 saturated heterocycles. The van der Waals surface area contributed by atoms with E-state index in [0.29, 0.717) is 4.57 Å². The second kappa shape index (κ2) is 3.92. The Balaban J connectivity index is 3.20. The minimum Gasteiger partial charge on any atom is -0.310 e. The Labute approximate surface area is 82.6 Å². The summed E-state index contributed by atoms with van der Waals surface area (Å²) in [4.78, 5) is 22.3. The molecule has 4 nitrogen and oxygen atoms in total. The third-order valence-corrected chi connectivity index (χ3v) is 1.82. The predicted octanol–water partition coefficient (Wildman–Crippen LogP) is 0.592. The Morgan fingerprint density at radius 2 is 1.60 bits per heavy atom. The normalized spacial score (nSPS) is 11.7. The molecule has 0 saturated carbocycles. The number of halogens is 3. The van der Waals surface area contributed by atoms with Crippen molar-refractivity contribution in [3.05, 3.63) is 33.1 Å². The zero-order valence-corrected chi connectivity index (χ0v) is 7.91. The van der Waals surface area contributed by atoms with Crippen molar-refractivity contribution in [2.45, 2.75) is 26.2 Å². The van der Waals surface area contributed by atoms with Crippen molar-refractivity contribution in [1.29, 1.82) is 0 Å². The summed E-state index contributed by atoms with van der Waals surface area (Å²) in [5.74, 6) is 0. The summed E-state index contributed by atoms with van der Waals surface area (Å²) in [6, 6.07) is 0. The average Bonchev–Trinajstić information content (AvgIpc) is 2.11. The van der Waals surface area contributed by atoms with Crippen LogP contribution in [0.1, 0.15) is 6.92 Å². The number of aryl methyl sites for hydroxylation is 1. The van der Waals surface area contributed by atoms with E-state index in [1.165, 1.54) is 0 Å². The highest BCUT2D eigenvalue weighted by atomic mass is 19.4. The summed E-state index contributed by atoms with van der Waals surface area (Å²) in [5.41, 5.74) is -2.10. The van der Waals surface area contributed by atoms with Gasteiger partial charge in [0, 0.05) is 18.9 Å². The van der Waals surface area contributed by atoms with E-state index in [4.69, 9.17) is 0 Å². The molecular weight excluding hydrogens is 213 g/mol. The first kappa shape index (κ1) is 11.5. The first-order valence-corrected chi connectivity index (χ1v) is 4.22. The summed E-state index contributed by atoms with van der Waals surface area (Å²) < 4.78 is 37.3. The predicted molar refractivity (Wildman–Crippen MR) is 46.7 cm³/mol. The second-order valence-corrected chi connectivity index (χ2v) is 2.94. The van der Waals surface area contributed by atoms with E-state index in [0.717, 1.165) is 17.0 Å². The summed E-state index contributed by atoms with van der Waals surface area (Å²) in [7, 11) is 0. The van der Waals surface area contributed by atoms with Crippen LogP contribution in [0.25, 0.3) is 0 Å². The lowest BCUT2D eigenvalue weighted by atomic mass is 10.5. The molecule has 84 valence electrons. The van der Waals surface area contributed by atoms with E-state index in [1.54, 1.807) is 6.92 Å². The summed E-state index contributed by atoms with van der Waals surface area (Å²) in [6.07, 6.45) is -2.38. The van der Waals surface area contributed by atoms with E-state index in [-0.39, 0.29) is 6.54 Å². The molecule has 1 aromatic heterocycles. The average molecular weight is 222 g/mol. The van der Waals surface area contributed by atoms with Gasteiger partial charge in [-0.3, -0.25) is 9.59 Å². The van der Waals surface area contributed by atoms with Crippen molar-refractivity contribution in [2.24, 2.45) is 0 Å². The van der Waals surface area contributed by atoms with Gasteiger partial charge in [0.05, 0.1) is 0 Å². The molecule has 0 aliphatic rings. The van der Waals surface area contributed by atoms with Crippen LogP contribution in [0.15, 0.2) is 22.0 Å².